The van der Waals surface area contributed by atoms with E-state index in [2.05, 4.69) is 24.3 Å². The van der Waals surface area contributed by atoms with Gasteiger partial charge >= 0.3 is 12.2 Å². The number of nitrogens with zero attached hydrogens (tertiary/aromatic N) is 3. The molecule has 0 unspecified atom stereocenters. The number of hydrogen-bond donors (Lipinski definition) is 0. The van der Waals surface area contributed by atoms with Gasteiger partial charge in [0, 0.05) is 5.56 Å². The van der Waals surface area contributed by atoms with Crippen LogP contribution in [0.5, 0.6) is 0 Å². The van der Waals surface area contributed by atoms with E-state index < -0.39 is 22.2 Å². The predicted octanol–water partition coefficient (Wildman–Crippen LogP) is 9.33. The van der Waals surface area contributed by atoms with Gasteiger partial charge in [-0.25, -0.2) is 22.7 Å². The Bertz CT molecular complexity index is 1910. The van der Waals surface area contributed by atoms with Gasteiger partial charge in [0.25, 0.3) is 10.0 Å². The molecule has 50 heavy (non-hydrogen) atoms. The molecule has 1 heterocycles. The summed E-state index contributed by atoms with van der Waals surface area (Å²) in [5, 5.41) is 4.67. The summed E-state index contributed by atoms with van der Waals surface area (Å²) in [4.78, 5) is 26.7. The molecule has 5 rings (SSSR count). The molecule has 10 heteroatoms. The van der Waals surface area contributed by atoms with Gasteiger partial charge < -0.3 is 9.47 Å². The van der Waals surface area contributed by atoms with Gasteiger partial charge in [-0.3, -0.25) is 0 Å². The van der Waals surface area contributed by atoms with E-state index in [1.165, 1.54) is 12.1 Å². The zero-order chi connectivity index (χ0) is 36.2. The number of allylic oxidation sites excluding steroid dienone is 4. The molecule has 2 aliphatic carbocycles. The molecule has 2 amide bonds. The van der Waals surface area contributed by atoms with Crippen LogP contribution in [0.4, 0.5) is 9.59 Å². The molecule has 0 saturated carbocycles. The lowest BCUT2D eigenvalue weighted by atomic mass is 9.86. The first-order chi connectivity index (χ1) is 23.7. The molecule has 9 nitrogen and oxygen atoms in total. The molecular weight excluding hydrogens is 651 g/mol. The topological polar surface area (TPSA) is 108 Å². The summed E-state index contributed by atoms with van der Waals surface area (Å²) in [6, 6.07) is 14.0. The van der Waals surface area contributed by atoms with Crippen LogP contribution in [0.1, 0.15) is 69.2 Å². The van der Waals surface area contributed by atoms with Gasteiger partial charge in [-0.05, 0) is 138 Å². The fourth-order valence-corrected chi connectivity index (χ4v) is 7.58. The lowest BCUT2D eigenvalue weighted by Crippen LogP contribution is -2.43. The molecule has 2 aliphatic rings. The second-order valence-electron chi connectivity index (χ2n) is 13.6. The highest BCUT2D eigenvalue weighted by Crippen LogP contribution is 2.31. The van der Waals surface area contributed by atoms with E-state index in [1.807, 2.05) is 65.0 Å². The van der Waals surface area contributed by atoms with Crippen molar-refractivity contribution in [2.24, 2.45) is 11.8 Å². The van der Waals surface area contributed by atoms with E-state index in [-0.39, 0.29) is 22.4 Å². The van der Waals surface area contributed by atoms with Crippen LogP contribution in [0, 0.1) is 32.6 Å². The zero-order valence-corrected chi connectivity index (χ0v) is 30.5. The smallest absolute Gasteiger partial charge is 0.434 e. The van der Waals surface area contributed by atoms with Crippen molar-refractivity contribution in [3.63, 3.8) is 0 Å². The molecule has 1 aromatic heterocycles. The van der Waals surface area contributed by atoms with Crippen LogP contribution in [0.15, 0.2) is 101 Å². The Labute approximate surface area is 296 Å². The van der Waals surface area contributed by atoms with Gasteiger partial charge in [0.15, 0.2) is 0 Å². The summed E-state index contributed by atoms with van der Waals surface area (Å²) in [7, 11) is -4.72. The van der Waals surface area contributed by atoms with E-state index in [9.17, 15) is 18.0 Å². The normalized spacial score (nSPS) is 17.7. The van der Waals surface area contributed by atoms with E-state index in [1.54, 1.807) is 16.8 Å². The molecule has 0 spiro atoms. The summed E-state index contributed by atoms with van der Waals surface area (Å²) in [6.07, 6.45) is 5.95. The van der Waals surface area contributed by atoms with Gasteiger partial charge in [-0.1, -0.05) is 58.5 Å². The van der Waals surface area contributed by atoms with Gasteiger partial charge in [0.05, 0.1) is 22.0 Å². The molecular formula is C40H47N3O6S. The molecule has 0 saturated heterocycles. The first kappa shape index (κ1) is 36.6. The lowest BCUT2D eigenvalue weighted by molar-refractivity contribution is 0.107. The van der Waals surface area contributed by atoms with Crippen LogP contribution in [0.2, 0.25) is 0 Å². The minimum atomic E-state index is -4.72. The Morgan fingerprint density at radius 2 is 1.38 bits per heavy atom. The Balaban J connectivity index is 1.39. The highest BCUT2D eigenvalue weighted by atomic mass is 32.2. The van der Waals surface area contributed by atoms with Crippen molar-refractivity contribution in [2.45, 2.75) is 78.0 Å². The highest BCUT2D eigenvalue weighted by Gasteiger charge is 2.39. The number of aryl methyl sites for hydroxylation is 3. The molecule has 0 bridgehead atoms. The number of rotatable bonds is 10. The van der Waals surface area contributed by atoms with E-state index in [4.69, 9.17) is 9.47 Å². The number of hydrogen-bond acceptors (Lipinski definition) is 7. The van der Waals surface area contributed by atoms with Gasteiger partial charge in [-0.15, -0.1) is 0 Å². The van der Waals surface area contributed by atoms with Crippen molar-refractivity contribution in [1.82, 2.24) is 14.1 Å². The van der Waals surface area contributed by atoms with Crippen molar-refractivity contribution >= 4 is 22.2 Å². The number of amides is 2. The first-order valence-corrected chi connectivity index (χ1v) is 18.5. The predicted molar refractivity (Wildman–Crippen MR) is 195 cm³/mol. The Morgan fingerprint density at radius 1 is 0.840 bits per heavy atom. The lowest BCUT2D eigenvalue weighted by Gasteiger charge is -2.24. The van der Waals surface area contributed by atoms with Crippen molar-refractivity contribution in [1.29, 1.82) is 0 Å². The summed E-state index contributed by atoms with van der Waals surface area (Å²) in [5.74, 6) is 0.707. The minimum absolute atomic E-state index is 0.0990. The fourth-order valence-electron chi connectivity index (χ4n) is 6.40. The average Bonchev–Trinajstić information content (AvgIpc) is 3.49. The van der Waals surface area contributed by atoms with Gasteiger partial charge in [0.2, 0.25) is 0 Å². The minimum Gasteiger partial charge on any atom is -0.444 e. The Hall–Kier alpha value is -4.70. The molecule has 2 aromatic carbocycles. The second-order valence-corrected chi connectivity index (χ2v) is 15.4. The van der Waals surface area contributed by atoms with Crippen molar-refractivity contribution in [2.75, 3.05) is 13.2 Å². The number of aromatic nitrogens is 2. The monoisotopic (exact) mass is 697 g/mol. The van der Waals surface area contributed by atoms with E-state index in [0.717, 1.165) is 76.1 Å². The summed E-state index contributed by atoms with van der Waals surface area (Å²) in [6.45, 7) is 17.7. The van der Waals surface area contributed by atoms with E-state index >= 15 is 0 Å². The molecule has 0 N–H and O–H groups in total. The molecule has 0 radical (unpaired) electrons. The average molecular weight is 698 g/mol. The standard InChI is InChI=1S/C40H47N3O6S/c1-26(2)33-14-10-31(11-15-33)24-48-39(44)43(40(45)49-25-32-12-16-34(17-13-32)27(3)4)50(46,47)36-20-18-35(19-21-36)42-38(23-30(7)41-42)37-22-28(5)8-9-29(37)6/h8-10,12,18-23,33-34H,1,3,11,13-17,24-25H2,2,4-7H3/t33-,34-/m1/s1. The number of carbonyl (C=O) groups excluding carboxylic acids is 2. The first-order valence-electron chi connectivity index (χ1n) is 17.0. The van der Waals surface area contributed by atoms with Crippen molar-refractivity contribution in [3.8, 4) is 16.9 Å². The quantitative estimate of drug-likeness (QED) is 0.194. The maximum atomic E-state index is 14.0. The van der Waals surface area contributed by atoms with Gasteiger partial charge in [-0.2, -0.15) is 5.10 Å². The van der Waals surface area contributed by atoms with Crippen LogP contribution >= 0.6 is 0 Å². The molecule has 0 fully saturated rings. The third-order valence-corrected chi connectivity index (χ3v) is 11.3. The molecule has 264 valence electrons. The third kappa shape index (κ3) is 8.35. The summed E-state index contributed by atoms with van der Waals surface area (Å²) in [5.41, 5.74) is 9.34. The van der Waals surface area contributed by atoms with Crippen LogP contribution in [0.25, 0.3) is 16.9 Å². The maximum absolute atomic E-state index is 14.0. The SMILES string of the molecule is C=C(C)[C@@H]1CC=C(COC(=O)N(C(=O)OCC2=CC[C@@H](C(=C)C)CC2)S(=O)(=O)c2ccc(-n3nc(C)cc3-c3cc(C)ccc3C)cc2)CC1. The second kappa shape index (κ2) is 15.5. The number of sulfonamides is 1. The Kier molecular flexibility index (Phi) is 11.3. The number of imide groups is 1. The van der Waals surface area contributed by atoms with Crippen LogP contribution in [0.3, 0.4) is 0 Å². The van der Waals surface area contributed by atoms with Crippen molar-refractivity contribution < 1.29 is 27.5 Å². The van der Waals surface area contributed by atoms with Gasteiger partial charge in [0.1, 0.15) is 13.2 Å². The molecule has 3 aromatic rings. The molecule has 2 atom stereocenters. The number of benzene rings is 2. The molecule has 0 aliphatic heterocycles. The van der Waals surface area contributed by atoms with Crippen molar-refractivity contribution in [3.05, 3.63) is 113 Å². The third-order valence-electron chi connectivity index (χ3n) is 9.62. The van der Waals surface area contributed by atoms with Crippen LogP contribution in [-0.2, 0) is 19.5 Å². The number of carbonyl (C=O) groups is 2. The fraction of sp³-hybridized carbons (Fsp3) is 0.375. The van der Waals surface area contributed by atoms with E-state index in [0.29, 0.717) is 30.4 Å². The number of ether oxygens (including phenoxy) is 2. The largest absolute Gasteiger partial charge is 0.444 e. The summed E-state index contributed by atoms with van der Waals surface area (Å²) < 4.78 is 40.8. The summed E-state index contributed by atoms with van der Waals surface area (Å²) >= 11 is 0. The highest BCUT2D eigenvalue weighted by molar-refractivity contribution is 7.90. The Morgan fingerprint density at radius 3 is 1.86 bits per heavy atom. The van der Waals surface area contributed by atoms with Crippen LogP contribution in [-0.4, -0.2) is 47.9 Å². The maximum Gasteiger partial charge on any atom is 0.434 e. The zero-order valence-electron chi connectivity index (χ0n) is 29.7. The van der Waals surface area contributed by atoms with Crippen LogP contribution < -0.4 is 0 Å².